The number of hydrogen-bond acceptors (Lipinski definition) is 2. The van der Waals surface area contributed by atoms with Gasteiger partial charge in [-0.2, -0.15) is 0 Å². The van der Waals surface area contributed by atoms with Gasteiger partial charge in [0, 0.05) is 17.9 Å². The van der Waals surface area contributed by atoms with Crippen molar-refractivity contribution in [1.29, 1.82) is 0 Å². The van der Waals surface area contributed by atoms with Gasteiger partial charge >= 0.3 is 0 Å². The normalized spacial score (nSPS) is 20.0. The molecule has 112 valence electrons. The Kier molecular flexibility index (Phi) is 3.77. The third kappa shape index (κ3) is 3.13. The molecular weight excluding hydrogens is 260 g/mol. The van der Waals surface area contributed by atoms with Crippen molar-refractivity contribution < 1.29 is 4.74 Å². The number of nitrogens with two attached hydrogens (primary N) is 1. The molecule has 0 aliphatic heterocycles. The molecule has 0 bridgehead atoms. The van der Waals surface area contributed by atoms with Crippen LogP contribution in [-0.4, -0.2) is 11.2 Å². The predicted octanol–water partition coefficient (Wildman–Crippen LogP) is 3.54. The van der Waals surface area contributed by atoms with Crippen LogP contribution in [0.1, 0.15) is 37.6 Å². The van der Waals surface area contributed by atoms with Gasteiger partial charge in [-0.15, -0.1) is 0 Å². The van der Waals surface area contributed by atoms with Gasteiger partial charge in [-0.05, 0) is 42.0 Å². The zero-order valence-corrected chi connectivity index (χ0v) is 12.9. The Morgan fingerprint density at radius 2 is 2.00 bits per heavy atom. The zero-order chi connectivity index (χ0) is 14.9. The Balaban J connectivity index is 1.67. The summed E-state index contributed by atoms with van der Waals surface area (Å²) in [6, 6.07) is 12.3. The van der Waals surface area contributed by atoms with Crippen molar-refractivity contribution in [3.05, 3.63) is 53.9 Å². The Morgan fingerprint density at radius 3 is 2.76 bits per heavy atom. The lowest BCUT2D eigenvalue weighted by Crippen LogP contribution is -2.30. The van der Waals surface area contributed by atoms with Crippen molar-refractivity contribution in [2.75, 3.05) is 6.61 Å². The fourth-order valence-electron chi connectivity index (χ4n) is 3.28. The topological polar surface area (TPSA) is 40.2 Å². The summed E-state index contributed by atoms with van der Waals surface area (Å²) in [5, 5.41) is 0. The summed E-state index contributed by atoms with van der Waals surface area (Å²) in [5.74, 6) is 0.926. The summed E-state index contributed by atoms with van der Waals surface area (Å²) in [7, 11) is 0. The van der Waals surface area contributed by atoms with Gasteiger partial charge in [-0.3, -0.25) is 0 Å². The van der Waals surface area contributed by atoms with Crippen LogP contribution in [0.3, 0.4) is 0 Å². The first-order valence-corrected chi connectivity index (χ1v) is 7.66. The van der Waals surface area contributed by atoms with Crippen molar-refractivity contribution in [2.24, 2.45) is 11.1 Å². The van der Waals surface area contributed by atoms with E-state index in [0.29, 0.717) is 6.61 Å². The quantitative estimate of drug-likeness (QED) is 0.933. The highest BCUT2D eigenvalue weighted by Gasteiger charge is 2.32. The summed E-state index contributed by atoms with van der Waals surface area (Å²) >= 11 is 0. The molecule has 1 aromatic heterocycles. The van der Waals surface area contributed by atoms with E-state index in [0.717, 1.165) is 25.1 Å². The molecule has 0 saturated heterocycles. The molecule has 1 heterocycles. The number of para-hydroxylation sites is 1. The van der Waals surface area contributed by atoms with Gasteiger partial charge in [0.25, 0.3) is 0 Å². The number of hydrogen-bond donors (Lipinski definition) is 1. The molecule has 0 radical (unpaired) electrons. The third-order valence-electron chi connectivity index (χ3n) is 4.28. The van der Waals surface area contributed by atoms with Crippen LogP contribution in [0.4, 0.5) is 0 Å². The van der Waals surface area contributed by atoms with Gasteiger partial charge in [0.2, 0.25) is 0 Å². The summed E-state index contributed by atoms with van der Waals surface area (Å²) in [6.07, 6.45) is 4.30. The summed E-state index contributed by atoms with van der Waals surface area (Å²) in [5.41, 5.74) is 9.29. The molecule has 1 atom stereocenters. The molecule has 0 spiro atoms. The van der Waals surface area contributed by atoms with Gasteiger partial charge in [0.05, 0.1) is 6.54 Å². The molecule has 2 aromatic rings. The van der Waals surface area contributed by atoms with Gasteiger partial charge in [-0.25, -0.2) is 0 Å². The van der Waals surface area contributed by atoms with E-state index in [1.165, 1.54) is 11.3 Å². The molecule has 1 unspecified atom stereocenters. The van der Waals surface area contributed by atoms with Gasteiger partial charge in [0.1, 0.15) is 12.4 Å². The van der Waals surface area contributed by atoms with Gasteiger partial charge < -0.3 is 15.0 Å². The Morgan fingerprint density at radius 1 is 1.24 bits per heavy atom. The first kappa shape index (κ1) is 14.2. The second kappa shape index (κ2) is 5.57. The molecular formula is C18H24N2O. The van der Waals surface area contributed by atoms with E-state index < -0.39 is 0 Å². The van der Waals surface area contributed by atoms with Crippen LogP contribution in [0.5, 0.6) is 5.75 Å². The lowest BCUT2D eigenvalue weighted by molar-refractivity contribution is 0.264. The molecule has 0 amide bonds. The minimum atomic E-state index is 0.167. The van der Waals surface area contributed by atoms with Gasteiger partial charge in [0.15, 0.2) is 0 Å². The van der Waals surface area contributed by atoms with Crippen molar-refractivity contribution >= 4 is 0 Å². The number of fused-ring (bicyclic) bond motifs is 1. The largest absolute Gasteiger partial charge is 0.492 e. The second-order valence-corrected chi connectivity index (χ2v) is 6.72. The smallest absolute Gasteiger partial charge is 0.119 e. The van der Waals surface area contributed by atoms with E-state index in [1.807, 2.05) is 30.3 Å². The van der Waals surface area contributed by atoms with E-state index in [4.69, 9.17) is 10.5 Å². The maximum atomic E-state index is 6.31. The van der Waals surface area contributed by atoms with Crippen LogP contribution in [-0.2, 0) is 13.0 Å². The SMILES string of the molecule is CC1(C)Cc2c(ccn2CCOc2ccccc2)C(N)C1. The van der Waals surface area contributed by atoms with E-state index in [9.17, 15) is 0 Å². The fraction of sp³-hybridized carbons (Fsp3) is 0.444. The summed E-state index contributed by atoms with van der Waals surface area (Å²) in [6.45, 7) is 6.15. The maximum absolute atomic E-state index is 6.31. The number of rotatable bonds is 4. The molecule has 21 heavy (non-hydrogen) atoms. The Bertz CT molecular complexity index is 601. The lowest BCUT2D eigenvalue weighted by atomic mass is 9.74. The fourth-order valence-corrected chi connectivity index (χ4v) is 3.28. The molecule has 1 aromatic carbocycles. The zero-order valence-electron chi connectivity index (χ0n) is 12.9. The maximum Gasteiger partial charge on any atom is 0.119 e. The molecule has 0 fully saturated rings. The predicted molar refractivity (Wildman–Crippen MR) is 85.4 cm³/mol. The first-order chi connectivity index (χ1) is 10.1. The highest BCUT2D eigenvalue weighted by atomic mass is 16.5. The van der Waals surface area contributed by atoms with E-state index in [1.54, 1.807) is 0 Å². The first-order valence-electron chi connectivity index (χ1n) is 7.66. The highest BCUT2D eigenvalue weighted by Crippen LogP contribution is 2.39. The molecule has 3 rings (SSSR count). The van der Waals surface area contributed by atoms with Crippen molar-refractivity contribution in [3.63, 3.8) is 0 Å². The van der Waals surface area contributed by atoms with E-state index in [2.05, 4.69) is 30.7 Å². The molecule has 1 aliphatic rings. The van der Waals surface area contributed by atoms with Crippen LogP contribution >= 0.6 is 0 Å². The monoisotopic (exact) mass is 284 g/mol. The number of ether oxygens (including phenoxy) is 1. The Labute approximate surface area is 126 Å². The van der Waals surface area contributed by atoms with Crippen molar-refractivity contribution in [3.8, 4) is 5.75 Å². The van der Waals surface area contributed by atoms with Crippen molar-refractivity contribution in [2.45, 2.75) is 39.3 Å². The molecule has 1 aliphatic carbocycles. The minimum absolute atomic E-state index is 0.167. The highest BCUT2D eigenvalue weighted by molar-refractivity contribution is 5.30. The van der Waals surface area contributed by atoms with Crippen molar-refractivity contribution in [1.82, 2.24) is 4.57 Å². The summed E-state index contributed by atoms with van der Waals surface area (Å²) in [4.78, 5) is 0. The minimum Gasteiger partial charge on any atom is -0.492 e. The average Bonchev–Trinajstić information content (AvgIpc) is 2.82. The molecule has 3 nitrogen and oxygen atoms in total. The van der Waals surface area contributed by atoms with Crippen LogP contribution < -0.4 is 10.5 Å². The van der Waals surface area contributed by atoms with Crippen LogP contribution in [0.15, 0.2) is 42.6 Å². The van der Waals surface area contributed by atoms with E-state index >= 15 is 0 Å². The molecule has 3 heteroatoms. The lowest BCUT2D eigenvalue weighted by Gasteiger charge is -2.34. The van der Waals surface area contributed by atoms with Crippen LogP contribution in [0, 0.1) is 5.41 Å². The number of nitrogens with zero attached hydrogens (tertiary/aromatic N) is 1. The number of aromatic nitrogens is 1. The number of benzene rings is 1. The van der Waals surface area contributed by atoms with E-state index in [-0.39, 0.29) is 11.5 Å². The van der Waals surface area contributed by atoms with Crippen LogP contribution in [0.2, 0.25) is 0 Å². The second-order valence-electron chi connectivity index (χ2n) is 6.72. The van der Waals surface area contributed by atoms with Crippen LogP contribution in [0.25, 0.3) is 0 Å². The average molecular weight is 284 g/mol. The standard InChI is InChI=1S/C18H24N2O/c1-18(2)12-16(19)15-8-9-20(17(15)13-18)10-11-21-14-6-4-3-5-7-14/h3-9,16H,10-13,19H2,1-2H3. The molecule has 0 saturated carbocycles. The summed E-state index contributed by atoms with van der Waals surface area (Å²) < 4.78 is 8.10. The third-order valence-corrected chi connectivity index (χ3v) is 4.28. The molecule has 2 N–H and O–H groups in total. The van der Waals surface area contributed by atoms with Gasteiger partial charge in [-0.1, -0.05) is 32.0 Å². The Hall–Kier alpha value is -1.74.